The van der Waals surface area contributed by atoms with Crippen molar-refractivity contribution in [2.45, 2.75) is 6.43 Å². The van der Waals surface area contributed by atoms with E-state index < -0.39 is 41.9 Å². The molecule has 1 aromatic carbocycles. The molecule has 1 rings (SSSR count). The van der Waals surface area contributed by atoms with Gasteiger partial charge in [0.2, 0.25) is 0 Å². The standard InChI is InChI=1S/C11H9ClF5NO/c12-3-4-18(5-8(14)15)11(19)6-1-2-7(13)10(17)9(6)16/h1-2,8H,3-5H2. The number of rotatable bonds is 5. The first-order valence-electron chi connectivity index (χ1n) is 5.15. The summed E-state index contributed by atoms with van der Waals surface area (Å²) in [5, 5.41) is 0. The number of hydrogen-bond acceptors (Lipinski definition) is 1. The Balaban J connectivity index is 3.06. The van der Waals surface area contributed by atoms with Crippen LogP contribution in [0.15, 0.2) is 12.1 Å². The number of carbonyl (C=O) groups is 1. The molecular weight excluding hydrogens is 293 g/mol. The van der Waals surface area contributed by atoms with Crippen molar-refractivity contribution in [2.75, 3.05) is 19.0 Å². The van der Waals surface area contributed by atoms with E-state index in [-0.39, 0.29) is 12.4 Å². The Morgan fingerprint density at radius 1 is 1.21 bits per heavy atom. The first-order chi connectivity index (χ1) is 8.88. The molecule has 0 spiro atoms. The minimum atomic E-state index is -2.85. The molecule has 0 bridgehead atoms. The van der Waals surface area contributed by atoms with Crippen LogP contribution >= 0.6 is 11.6 Å². The number of hydrogen-bond donors (Lipinski definition) is 0. The van der Waals surface area contributed by atoms with Crippen molar-refractivity contribution >= 4 is 17.5 Å². The number of benzene rings is 1. The molecule has 0 unspecified atom stereocenters. The second-order valence-corrected chi connectivity index (χ2v) is 3.93. The van der Waals surface area contributed by atoms with E-state index in [1.807, 2.05) is 0 Å². The maximum atomic E-state index is 13.4. The minimum absolute atomic E-state index is 0.149. The highest BCUT2D eigenvalue weighted by Crippen LogP contribution is 2.17. The van der Waals surface area contributed by atoms with Gasteiger partial charge in [-0.15, -0.1) is 11.6 Å². The van der Waals surface area contributed by atoms with E-state index in [4.69, 9.17) is 11.6 Å². The van der Waals surface area contributed by atoms with E-state index in [9.17, 15) is 26.7 Å². The molecule has 8 heteroatoms. The summed E-state index contributed by atoms with van der Waals surface area (Å²) in [6, 6.07) is 1.25. The van der Waals surface area contributed by atoms with Gasteiger partial charge in [-0.1, -0.05) is 0 Å². The number of alkyl halides is 3. The summed E-state index contributed by atoms with van der Waals surface area (Å²) in [6.45, 7) is -1.23. The monoisotopic (exact) mass is 301 g/mol. The lowest BCUT2D eigenvalue weighted by atomic mass is 10.1. The zero-order chi connectivity index (χ0) is 14.6. The van der Waals surface area contributed by atoms with E-state index in [0.717, 1.165) is 0 Å². The number of halogens is 6. The smallest absolute Gasteiger partial charge is 0.257 e. The van der Waals surface area contributed by atoms with Crippen LogP contribution < -0.4 is 0 Å². The molecule has 0 aliphatic carbocycles. The van der Waals surface area contributed by atoms with Crippen LogP contribution in [0, 0.1) is 17.5 Å². The normalized spacial score (nSPS) is 10.9. The Bertz CT molecular complexity index is 469. The molecule has 0 radical (unpaired) electrons. The topological polar surface area (TPSA) is 20.3 Å². The van der Waals surface area contributed by atoms with Crippen molar-refractivity contribution in [3.63, 3.8) is 0 Å². The predicted molar refractivity (Wildman–Crippen MR) is 58.9 cm³/mol. The molecule has 0 saturated carbocycles. The molecule has 0 aliphatic rings. The third kappa shape index (κ3) is 3.79. The Labute approximate surface area is 110 Å². The Kier molecular flexibility index (Phi) is 5.53. The summed E-state index contributed by atoms with van der Waals surface area (Å²) in [5.41, 5.74) is -0.815. The molecule has 0 aromatic heterocycles. The van der Waals surface area contributed by atoms with Gasteiger partial charge in [0.05, 0.1) is 12.1 Å². The zero-order valence-electron chi connectivity index (χ0n) is 9.48. The van der Waals surface area contributed by atoms with Gasteiger partial charge in [-0.25, -0.2) is 22.0 Å². The van der Waals surface area contributed by atoms with Gasteiger partial charge in [-0.3, -0.25) is 4.79 Å². The lowest BCUT2D eigenvalue weighted by molar-refractivity contribution is 0.0566. The van der Waals surface area contributed by atoms with E-state index in [1.54, 1.807) is 0 Å². The largest absolute Gasteiger partial charge is 0.332 e. The average molecular weight is 302 g/mol. The van der Waals surface area contributed by atoms with Gasteiger partial charge >= 0.3 is 0 Å². The third-order valence-electron chi connectivity index (χ3n) is 2.27. The highest BCUT2D eigenvalue weighted by atomic mass is 35.5. The van der Waals surface area contributed by atoms with Crippen LogP contribution in [0.5, 0.6) is 0 Å². The molecule has 0 aliphatic heterocycles. The van der Waals surface area contributed by atoms with Crippen LogP contribution in [-0.4, -0.2) is 36.2 Å². The molecule has 0 heterocycles. The van der Waals surface area contributed by atoms with Crippen molar-refractivity contribution < 1.29 is 26.7 Å². The molecule has 0 saturated heterocycles. The van der Waals surface area contributed by atoms with Crippen LogP contribution in [0.2, 0.25) is 0 Å². The third-order valence-corrected chi connectivity index (χ3v) is 2.43. The summed E-state index contributed by atoms with van der Waals surface area (Å²) in [5.74, 6) is -6.32. The van der Waals surface area contributed by atoms with Crippen molar-refractivity contribution in [3.05, 3.63) is 35.1 Å². The molecule has 0 atom stereocenters. The Morgan fingerprint density at radius 3 is 2.37 bits per heavy atom. The van der Waals surface area contributed by atoms with E-state index in [1.165, 1.54) is 0 Å². The lowest BCUT2D eigenvalue weighted by Crippen LogP contribution is -2.37. The molecular formula is C11H9ClF5NO. The highest BCUT2D eigenvalue weighted by molar-refractivity contribution is 6.18. The zero-order valence-corrected chi connectivity index (χ0v) is 10.2. The van der Waals surface area contributed by atoms with Gasteiger partial charge in [0.15, 0.2) is 17.5 Å². The lowest BCUT2D eigenvalue weighted by Gasteiger charge is -2.21. The quantitative estimate of drug-likeness (QED) is 0.465. The van der Waals surface area contributed by atoms with E-state index in [0.29, 0.717) is 17.0 Å². The van der Waals surface area contributed by atoms with Crippen LogP contribution in [0.4, 0.5) is 22.0 Å². The maximum absolute atomic E-state index is 13.4. The number of carbonyl (C=O) groups excluding carboxylic acids is 1. The van der Waals surface area contributed by atoms with Crippen LogP contribution in [0.25, 0.3) is 0 Å². The van der Waals surface area contributed by atoms with E-state index in [2.05, 4.69) is 0 Å². The Hall–Kier alpha value is -1.37. The number of amides is 1. The second-order valence-electron chi connectivity index (χ2n) is 3.55. The predicted octanol–water partition coefficient (Wildman–Crippen LogP) is 3.05. The molecule has 0 fully saturated rings. The molecule has 106 valence electrons. The molecule has 0 N–H and O–H groups in total. The van der Waals surface area contributed by atoms with Crippen molar-refractivity contribution in [2.24, 2.45) is 0 Å². The summed E-state index contributed by atoms with van der Waals surface area (Å²) >= 11 is 5.34. The fraction of sp³-hybridized carbons (Fsp3) is 0.364. The minimum Gasteiger partial charge on any atom is -0.332 e. The fourth-order valence-electron chi connectivity index (χ4n) is 1.41. The van der Waals surface area contributed by atoms with Crippen LogP contribution in [0.3, 0.4) is 0 Å². The molecule has 2 nitrogen and oxygen atoms in total. The van der Waals surface area contributed by atoms with Gasteiger partial charge in [-0.2, -0.15) is 0 Å². The van der Waals surface area contributed by atoms with Gasteiger partial charge in [-0.05, 0) is 12.1 Å². The van der Waals surface area contributed by atoms with Gasteiger partial charge in [0.25, 0.3) is 12.3 Å². The first kappa shape index (κ1) is 15.7. The summed E-state index contributed by atoms with van der Waals surface area (Å²) in [6.07, 6.45) is -2.85. The highest BCUT2D eigenvalue weighted by Gasteiger charge is 2.24. The first-order valence-corrected chi connectivity index (χ1v) is 5.68. The molecule has 1 amide bonds. The number of nitrogens with zero attached hydrogens (tertiary/aromatic N) is 1. The summed E-state index contributed by atoms with van der Waals surface area (Å²) < 4.78 is 63.6. The Morgan fingerprint density at radius 2 is 1.84 bits per heavy atom. The van der Waals surface area contributed by atoms with Crippen LogP contribution in [-0.2, 0) is 0 Å². The van der Waals surface area contributed by atoms with Gasteiger partial charge in [0.1, 0.15) is 0 Å². The van der Waals surface area contributed by atoms with Crippen molar-refractivity contribution in [1.29, 1.82) is 0 Å². The molecule has 19 heavy (non-hydrogen) atoms. The second kappa shape index (κ2) is 6.70. The van der Waals surface area contributed by atoms with Gasteiger partial charge < -0.3 is 4.90 Å². The average Bonchev–Trinajstić information content (AvgIpc) is 2.34. The summed E-state index contributed by atoms with van der Waals surface area (Å²) in [4.78, 5) is 12.3. The van der Waals surface area contributed by atoms with Gasteiger partial charge in [0, 0.05) is 12.4 Å². The SMILES string of the molecule is O=C(c1ccc(F)c(F)c1F)N(CCCl)CC(F)F. The maximum Gasteiger partial charge on any atom is 0.257 e. The van der Waals surface area contributed by atoms with Crippen LogP contribution in [0.1, 0.15) is 10.4 Å². The van der Waals surface area contributed by atoms with Crippen molar-refractivity contribution in [3.8, 4) is 0 Å². The van der Waals surface area contributed by atoms with Crippen molar-refractivity contribution in [1.82, 2.24) is 4.90 Å². The van der Waals surface area contributed by atoms with E-state index >= 15 is 0 Å². The summed E-state index contributed by atoms with van der Waals surface area (Å²) in [7, 11) is 0. The fourth-order valence-corrected chi connectivity index (χ4v) is 1.61. The molecule has 1 aromatic rings.